The predicted molar refractivity (Wildman–Crippen MR) is 76.4 cm³/mol. The molecule has 0 saturated heterocycles. The molecule has 0 fully saturated rings. The summed E-state index contributed by atoms with van der Waals surface area (Å²) in [4.78, 5) is 0. The van der Waals surface area contributed by atoms with Crippen molar-refractivity contribution in [1.82, 2.24) is 15.1 Å². The first kappa shape index (κ1) is 19.3. The van der Waals surface area contributed by atoms with Crippen LogP contribution in [0.15, 0.2) is 36.5 Å². The molecule has 2 N–H and O–H groups in total. The van der Waals surface area contributed by atoms with Crippen molar-refractivity contribution in [2.45, 2.75) is 31.5 Å². The van der Waals surface area contributed by atoms with Gasteiger partial charge in [-0.2, -0.15) is 31.4 Å². The minimum atomic E-state index is -4.54. The van der Waals surface area contributed by atoms with Crippen molar-refractivity contribution in [3.63, 3.8) is 0 Å². The molecule has 138 valence electrons. The van der Waals surface area contributed by atoms with Gasteiger partial charge in [-0.3, -0.25) is 4.68 Å². The first-order chi connectivity index (χ1) is 11.6. The van der Waals surface area contributed by atoms with Crippen LogP contribution >= 0.6 is 0 Å². The molecule has 4 nitrogen and oxygen atoms in total. The van der Waals surface area contributed by atoms with E-state index in [1.54, 1.807) is 0 Å². The molecule has 0 bridgehead atoms. The topological polar surface area (TPSA) is 50.1 Å². The predicted octanol–water partition coefficient (Wildman–Crippen LogP) is 3.07. The Morgan fingerprint density at radius 3 is 2.16 bits per heavy atom. The second kappa shape index (κ2) is 7.44. The van der Waals surface area contributed by atoms with Crippen molar-refractivity contribution >= 4 is 0 Å². The molecule has 1 atom stereocenters. The number of halogens is 6. The van der Waals surface area contributed by atoms with Gasteiger partial charge in [0, 0.05) is 19.3 Å². The molecular weight excluding hydrogens is 352 g/mol. The van der Waals surface area contributed by atoms with Gasteiger partial charge in [0.25, 0.3) is 0 Å². The molecule has 1 heterocycles. The highest BCUT2D eigenvalue weighted by molar-refractivity contribution is 5.24. The normalized spacial score (nSPS) is 13.9. The van der Waals surface area contributed by atoms with Crippen LogP contribution in [0.2, 0.25) is 0 Å². The summed E-state index contributed by atoms with van der Waals surface area (Å²) in [5.74, 6) is 0. The molecule has 0 aliphatic rings. The molecule has 2 aromatic rings. The lowest BCUT2D eigenvalue weighted by Gasteiger charge is -2.13. The van der Waals surface area contributed by atoms with E-state index in [1.165, 1.54) is 12.1 Å². The van der Waals surface area contributed by atoms with Crippen LogP contribution in [-0.4, -0.2) is 27.5 Å². The molecule has 10 heteroatoms. The van der Waals surface area contributed by atoms with E-state index in [0.29, 0.717) is 5.56 Å². The van der Waals surface area contributed by atoms with Gasteiger partial charge in [-0.15, -0.1) is 0 Å². The SMILES string of the molecule is O[C@H](CNCc1ccc(C(F)(F)F)cc1)Cn1ccc(C(F)(F)F)n1. The van der Waals surface area contributed by atoms with Crippen LogP contribution < -0.4 is 5.32 Å². The third-order valence-corrected chi connectivity index (χ3v) is 3.32. The summed E-state index contributed by atoms with van der Waals surface area (Å²) >= 11 is 0. The molecule has 0 radical (unpaired) electrons. The fourth-order valence-electron chi connectivity index (χ4n) is 2.09. The zero-order valence-corrected chi connectivity index (χ0v) is 12.8. The van der Waals surface area contributed by atoms with Gasteiger partial charge in [-0.25, -0.2) is 0 Å². The third kappa shape index (κ3) is 5.75. The maximum Gasteiger partial charge on any atom is 0.435 e. The van der Waals surface area contributed by atoms with Crippen molar-refractivity contribution in [2.24, 2.45) is 0 Å². The third-order valence-electron chi connectivity index (χ3n) is 3.32. The summed E-state index contributed by atoms with van der Waals surface area (Å²) in [5, 5.41) is 15.9. The van der Waals surface area contributed by atoms with Crippen molar-refractivity contribution in [3.05, 3.63) is 53.3 Å². The summed E-state index contributed by atoms with van der Waals surface area (Å²) in [6.07, 6.45) is -8.84. The second-order valence-electron chi connectivity index (χ2n) is 5.40. The number of hydrogen-bond donors (Lipinski definition) is 2. The standard InChI is InChI=1S/C15H15F6N3O/c16-14(17,18)11-3-1-10(2-4-11)7-22-8-12(25)9-24-6-5-13(23-24)15(19,20)21/h1-6,12,22,25H,7-9H2/t12-/m1/s1. The van der Waals surface area contributed by atoms with E-state index < -0.39 is 29.7 Å². The van der Waals surface area contributed by atoms with E-state index in [-0.39, 0.29) is 19.6 Å². The molecule has 0 aliphatic heterocycles. The highest BCUT2D eigenvalue weighted by Crippen LogP contribution is 2.29. The number of nitrogens with one attached hydrogen (secondary N) is 1. The van der Waals surface area contributed by atoms with Gasteiger partial charge in [0.2, 0.25) is 0 Å². The van der Waals surface area contributed by atoms with Crippen LogP contribution in [0.1, 0.15) is 16.8 Å². The molecule has 0 saturated carbocycles. The molecule has 25 heavy (non-hydrogen) atoms. The Labute approximate surface area is 139 Å². The Balaban J connectivity index is 1.78. The number of alkyl halides is 6. The molecule has 1 aromatic carbocycles. The van der Waals surface area contributed by atoms with Crippen LogP contribution in [0.5, 0.6) is 0 Å². The van der Waals surface area contributed by atoms with Crippen molar-refractivity contribution < 1.29 is 31.4 Å². The molecule has 0 spiro atoms. The lowest BCUT2D eigenvalue weighted by atomic mass is 10.1. The van der Waals surface area contributed by atoms with Crippen molar-refractivity contribution in [3.8, 4) is 0 Å². The van der Waals surface area contributed by atoms with Crippen LogP contribution in [0.4, 0.5) is 26.3 Å². The second-order valence-corrected chi connectivity index (χ2v) is 5.40. The largest absolute Gasteiger partial charge is 0.435 e. The lowest BCUT2D eigenvalue weighted by Crippen LogP contribution is -2.30. The summed E-state index contributed by atoms with van der Waals surface area (Å²) in [6.45, 7) is 0.112. The minimum Gasteiger partial charge on any atom is -0.390 e. The Hall–Kier alpha value is -2.07. The number of rotatable bonds is 6. The maximum atomic E-state index is 12.4. The fraction of sp³-hybridized carbons (Fsp3) is 0.400. The van der Waals surface area contributed by atoms with Crippen LogP contribution in [0, 0.1) is 0 Å². The number of aliphatic hydroxyl groups excluding tert-OH is 1. The summed E-state index contributed by atoms with van der Waals surface area (Å²) in [5.41, 5.74) is -1.22. The average Bonchev–Trinajstić information content (AvgIpc) is 2.95. The van der Waals surface area contributed by atoms with Gasteiger partial charge >= 0.3 is 12.4 Å². The number of hydrogen-bond acceptors (Lipinski definition) is 3. The Kier molecular flexibility index (Phi) is 5.73. The molecule has 0 aliphatic carbocycles. The number of aromatic nitrogens is 2. The number of benzene rings is 1. The molecule has 0 unspecified atom stereocenters. The Bertz CT molecular complexity index is 678. The van der Waals surface area contributed by atoms with E-state index >= 15 is 0 Å². The van der Waals surface area contributed by atoms with E-state index in [1.807, 2.05) is 0 Å². The fourth-order valence-corrected chi connectivity index (χ4v) is 2.09. The quantitative estimate of drug-likeness (QED) is 0.772. The molecule has 1 aromatic heterocycles. The van der Waals surface area contributed by atoms with E-state index in [2.05, 4.69) is 10.4 Å². The van der Waals surface area contributed by atoms with Crippen LogP contribution in [0.25, 0.3) is 0 Å². The minimum absolute atomic E-state index is 0.0439. The number of nitrogens with zero attached hydrogens (tertiary/aromatic N) is 2. The van der Waals surface area contributed by atoms with Gasteiger partial charge in [0.05, 0.1) is 18.2 Å². The monoisotopic (exact) mass is 367 g/mol. The van der Waals surface area contributed by atoms with Gasteiger partial charge < -0.3 is 10.4 Å². The summed E-state index contributed by atoms with van der Waals surface area (Å²) in [7, 11) is 0. The molecular formula is C15H15F6N3O. The average molecular weight is 367 g/mol. The highest BCUT2D eigenvalue weighted by atomic mass is 19.4. The zero-order valence-electron chi connectivity index (χ0n) is 12.8. The molecule has 2 rings (SSSR count). The summed E-state index contributed by atoms with van der Waals surface area (Å²) in [6, 6.07) is 5.34. The van der Waals surface area contributed by atoms with Gasteiger partial charge in [0.15, 0.2) is 5.69 Å². The van der Waals surface area contributed by atoms with E-state index in [9.17, 15) is 31.4 Å². The first-order valence-electron chi connectivity index (χ1n) is 7.21. The van der Waals surface area contributed by atoms with E-state index in [0.717, 1.165) is 29.1 Å². The van der Waals surface area contributed by atoms with Crippen molar-refractivity contribution in [2.75, 3.05) is 6.54 Å². The maximum absolute atomic E-state index is 12.4. The smallest absolute Gasteiger partial charge is 0.390 e. The van der Waals surface area contributed by atoms with E-state index in [4.69, 9.17) is 0 Å². The zero-order chi connectivity index (χ0) is 18.7. The lowest BCUT2D eigenvalue weighted by molar-refractivity contribution is -0.141. The van der Waals surface area contributed by atoms with Gasteiger partial charge in [-0.05, 0) is 23.8 Å². The summed E-state index contributed by atoms with van der Waals surface area (Å²) < 4.78 is 75.5. The van der Waals surface area contributed by atoms with Gasteiger partial charge in [-0.1, -0.05) is 12.1 Å². The van der Waals surface area contributed by atoms with Gasteiger partial charge in [0.1, 0.15) is 0 Å². The first-order valence-corrected chi connectivity index (χ1v) is 7.21. The van der Waals surface area contributed by atoms with Crippen LogP contribution in [0.3, 0.4) is 0 Å². The Morgan fingerprint density at radius 1 is 1.00 bits per heavy atom. The van der Waals surface area contributed by atoms with Crippen molar-refractivity contribution in [1.29, 1.82) is 0 Å². The number of aliphatic hydroxyl groups is 1. The van der Waals surface area contributed by atoms with Crippen LogP contribution in [-0.2, 0) is 25.4 Å². The molecule has 0 amide bonds. The highest BCUT2D eigenvalue weighted by Gasteiger charge is 2.33. The Morgan fingerprint density at radius 2 is 1.64 bits per heavy atom.